The number of pyridine rings is 1. The minimum atomic E-state index is -0.600. The van der Waals surface area contributed by atoms with Crippen molar-refractivity contribution in [3.8, 4) is 17.2 Å². The van der Waals surface area contributed by atoms with Crippen LogP contribution in [-0.2, 0) is 0 Å². The zero-order chi connectivity index (χ0) is 25.6. The number of anilines is 1. The van der Waals surface area contributed by atoms with E-state index in [2.05, 4.69) is 39.4 Å². The first kappa shape index (κ1) is 23.4. The van der Waals surface area contributed by atoms with Crippen molar-refractivity contribution in [3.63, 3.8) is 0 Å². The zero-order valence-electron chi connectivity index (χ0n) is 20.2. The first-order valence-electron chi connectivity index (χ1n) is 11.3. The lowest BCUT2D eigenvalue weighted by atomic mass is 10.0. The van der Waals surface area contributed by atoms with Crippen molar-refractivity contribution in [2.24, 2.45) is 0 Å². The van der Waals surface area contributed by atoms with Gasteiger partial charge in [0.1, 0.15) is 17.2 Å². The Balaban J connectivity index is 1.48. The molecule has 3 heterocycles. The third-order valence-corrected chi connectivity index (χ3v) is 6.15. The van der Waals surface area contributed by atoms with Gasteiger partial charge in [-0.3, -0.25) is 9.59 Å². The zero-order valence-corrected chi connectivity index (χ0v) is 20.9. The molecule has 0 radical (unpaired) electrons. The second-order valence-corrected chi connectivity index (χ2v) is 9.23. The Morgan fingerprint density at radius 1 is 1.00 bits per heavy atom. The first-order chi connectivity index (χ1) is 17.2. The van der Waals surface area contributed by atoms with Gasteiger partial charge in [-0.05, 0) is 75.2 Å². The van der Waals surface area contributed by atoms with Crippen LogP contribution in [0.2, 0.25) is 5.02 Å². The number of benzene rings is 2. The van der Waals surface area contributed by atoms with E-state index < -0.39 is 11.5 Å². The summed E-state index contributed by atoms with van der Waals surface area (Å²) in [5.74, 6) is 0.711. The number of carbonyl (C=O) groups excluding carboxylic acids is 1. The minimum absolute atomic E-state index is 0.118. The molecule has 0 unspecified atom stereocenters. The summed E-state index contributed by atoms with van der Waals surface area (Å²) in [6.45, 7) is 7.93. The Bertz CT molecular complexity index is 1700. The van der Waals surface area contributed by atoms with E-state index in [1.54, 1.807) is 35.0 Å². The number of nitrogens with zero attached hydrogens (tertiary/aromatic N) is 4. The van der Waals surface area contributed by atoms with Gasteiger partial charge in [0.2, 0.25) is 0 Å². The lowest BCUT2D eigenvalue weighted by Gasteiger charge is -2.12. The summed E-state index contributed by atoms with van der Waals surface area (Å²) < 4.78 is 1.57. The molecule has 0 fully saturated rings. The highest BCUT2D eigenvalue weighted by Gasteiger charge is 2.18. The van der Waals surface area contributed by atoms with E-state index in [0.717, 1.165) is 22.0 Å². The predicted molar refractivity (Wildman–Crippen MR) is 141 cm³/mol. The minimum Gasteiger partial charge on any atom is -0.306 e. The second-order valence-electron chi connectivity index (χ2n) is 8.79. The van der Waals surface area contributed by atoms with E-state index in [-0.39, 0.29) is 5.56 Å². The third kappa shape index (κ3) is 4.38. The van der Waals surface area contributed by atoms with Crippen LogP contribution in [0.15, 0.2) is 59.5 Å². The second kappa shape index (κ2) is 9.05. The first-order valence-corrected chi connectivity index (χ1v) is 11.7. The van der Waals surface area contributed by atoms with Crippen LogP contribution in [0.5, 0.6) is 0 Å². The van der Waals surface area contributed by atoms with Gasteiger partial charge in [-0.25, -0.2) is 9.97 Å². The maximum absolute atomic E-state index is 13.0. The number of aryl methyl sites for hydroxylation is 4. The molecule has 0 aliphatic rings. The lowest BCUT2D eigenvalue weighted by Crippen LogP contribution is -2.25. The molecular weight excluding hydrogens is 476 g/mol. The highest BCUT2D eigenvalue weighted by Crippen LogP contribution is 2.26. The fraction of sp³-hybridized carbons (Fsp3) is 0.148. The van der Waals surface area contributed by atoms with Crippen LogP contribution >= 0.6 is 11.6 Å². The summed E-state index contributed by atoms with van der Waals surface area (Å²) in [7, 11) is 0. The van der Waals surface area contributed by atoms with E-state index in [9.17, 15) is 9.59 Å². The molecule has 5 aromatic rings. The summed E-state index contributed by atoms with van der Waals surface area (Å²) in [6.07, 6.45) is 1.26. The topological polar surface area (TPSA) is 106 Å². The molecule has 0 atom stereocenters. The summed E-state index contributed by atoms with van der Waals surface area (Å²) >= 11 is 5.93. The van der Waals surface area contributed by atoms with E-state index in [1.165, 1.54) is 11.8 Å². The van der Waals surface area contributed by atoms with E-state index in [0.29, 0.717) is 33.7 Å². The van der Waals surface area contributed by atoms with Crippen molar-refractivity contribution in [3.05, 3.63) is 98.1 Å². The number of aromatic amines is 1. The molecule has 1 amide bonds. The highest BCUT2D eigenvalue weighted by atomic mass is 35.5. The van der Waals surface area contributed by atoms with Crippen molar-refractivity contribution in [2.45, 2.75) is 27.7 Å². The van der Waals surface area contributed by atoms with E-state index in [4.69, 9.17) is 16.6 Å². The molecule has 2 aromatic carbocycles. The monoisotopic (exact) mass is 498 g/mol. The summed E-state index contributed by atoms with van der Waals surface area (Å²) in [5, 5.41) is 8.97. The number of H-pyrrole nitrogens is 1. The highest BCUT2D eigenvalue weighted by molar-refractivity contribution is 6.30. The normalized spacial score (nSPS) is 11.1. The van der Waals surface area contributed by atoms with Gasteiger partial charge in [-0.1, -0.05) is 23.2 Å². The number of hydrogen-bond acceptors (Lipinski definition) is 5. The van der Waals surface area contributed by atoms with Crippen LogP contribution in [0.3, 0.4) is 0 Å². The van der Waals surface area contributed by atoms with E-state index >= 15 is 0 Å². The van der Waals surface area contributed by atoms with Crippen LogP contribution < -0.4 is 10.9 Å². The maximum atomic E-state index is 13.0. The molecule has 0 bridgehead atoms. The Labute approximate surface area is 212 Å². The molecule has 0 aliphatic carbocycles. The van der Waals surface area contributed by atoms with Crippen molar-refractivity contribution in [1.29, 1.82) is 0 Å². The molecular formula is C27H23ClN6O2. The number of hydrogen-bond donors (Lipinski definition) is 2. The van der Waals surface area contributed by atoms with Crippen LogP contribution in [0.25, 0.3) is 28.1 Å². The SMILES string of the molecule is Cc1cc(C)c2nc(-n3nc(C)cc3NC(=O)c3cnc(-c4ccc(Cl)cc4)[nH]c3=O)cc(C)c2c1. The smallest absolute Gasteiger partial charge is 0.264 e. The fourth-order valence-corrected chi connectivity index (χ4v) is 4.32. The summed E-state index contributed by atoms with van der Waals surface area (Å²) in [5.41, 5.74) is 4.85. The van der Waals surface area contributed by atoms with Gasteiger partial charge >= 0.3 is 0 Å². The van der Waals surface area contributed by atoms with Gasteiger partial charge in [0.15, 0.2) is 5.82 Å². The summed E-state index contributed by atoms with van der Waals surface area (Å²) in [6, 6.07) is 14.7. The molecule has 3 aromatic heterocycles. The average molecular weight is 499 g/mol. The Hall–Kier alpha value is -4.30. The Kier molecular flexibility index (Phi) is 5.89. The fourth-order valence-electron chi connectivity index (χ4n) is 4.19. The van der Waals surface area contributed by atoms with Crippen LogP contribution in [0.4, 0.5) is 5.82 Å². The van der Waals surface area contributed by atoms with Gasteiger partial charge in [-0.2, -0.15) is 9.78 Å². The van der Waals surface area contributed by atoms with Crippen LogP contribution in [0, 0.1) is 27.7 Å². The van der Waals surface area contributed by atoms with Crippen LogP contribution in [-0.4, -0.2) is 30.6 Å². The number of fused-ring (bicyclic) bond motifs is 1. The van der Waals surface area contributed by atoms with Gasteiger partial charge in [0, 0.05) is 28.2 Å². The predicted octanol–water partition coefficient (Wildman–Crippen LogP) is 5.31. The number of rotatable bonds is 4. The molecule has 5 rings (SSSR count). The number of aromatic nitrogens is 5. The van der Waals surface area contributed by atoms with Gasteiger partial charge in [0.25, 0.3) is 11.5 Å². The quantitative estimate of drug-likeness (QED) is 0.349. The number of halogens is 1. The molecule has 180 valence electrons. The van der Waals surface area contributed by atoms with Gasteiger partial charge < -0.3 is 10.3 Å². The van der Waals surface area contributed by atoms with Gasteiger partial charge in [0.05, 0.1) is 11.2 Å². The Morgan fingerprint density at radius 2 is 1.75 bits per heavy atom. The third-order valence-electron chi connectivity index (χ3n) is 5.89. The lowest BCUT2D eigenvalue weighted by molar-refractivity contribution is 0.102. The molecule has 8 nitrogen and oxygen atoms in total. The average Bonchev–Trinajstić information content (AvgIpc) is 3.19. The number of carbonyl (C=O) groups is 1. The molecule has 0 aliphatic heterocycles. The molecule has 0 saturated heterocycles. The molecule has 2 N–H and O–H groups in total. The van der Waals surface area contributed by atoms with Crippen molar-refractivity contribution >= 4 is 34.2 Å². The van der Waals surface area contributed by atoms with Crippen LogP contribution in [0.1, 0.15) is 32.7 Å². The number of amides is 1. The Morgan fingerprint density at radius 3 is 2.47 bits per heavy atom. The number of nitrogens with one attached hydrogen (secondary N) is 2. The maximum Gasteiger partial charge on any atom is 0.264 e. The van der Waals surface area contributed by atoms with Gasteiger partial charge in [-0.15, -0.1) is 0 Å². The summed E-state index contributed by atoms with van der Waals surface area (Å²) in [4.78, 5) is 37.5. The van der Waals surface area contributed by atoms with Crippen molar-refractivity contribution < 1.29 is 4.79 Å². The molecule has 9 heteroatoms. The van der Waals surface area contributed by atoms with Crippen molar-refractivity contribution in [2.75, 3.05) is 5.32 Å². The molecule has 0 spiro atoms. The van der Waals surface area contributed by atoms with E-state index in [1.807, 2.05) is 26.8 Å². The largest absolute Gasteiger partial charge is 0.306 e. The van der Waals surface area contributed by atoms with Crippen molar-refractivity contribution in [1.82, 2.24) is 24.7 Å². The molecule has 36 heavy (non-hydrogen) atoms. The molecule has 0 saturated carbocycles. The standard InChI is InChI=1S/C27H23ClN6O2/c1-14-9-16(3)24-20(10-14)15(2)11-22(30-24)34-23(12-17(4)33-34)31-26(35)21-13-29-25(32-27(21)36)18-5-7-19(28)8-6-18/h5-13H,1-4H3,(H,31,35)(H,29,32,36).